The number of piperidine rings is 1. The van der Waals surface area contributed by atoms with E-state index in [0.29, 0.717) is 18.4 Å². The van der Waals surface area contributed by atoms with Crippen molar-refractivity contribution in [2.24, 2.45) is 17.6 Å². The molecule has 0 aromatic carbocycles. The van der Waals surface area contributed by atoms with E-state index in [1.807, 2.05) is 0 Å². The topological polar surface area (TPSA) is 49.6 Å². The maximum Gasteiger partial charge on any atom is 0.226 e. The Bertz CT molecular complexity index is 342. The van der Waals surface area contributed by atoms with Gasteiger partial charge in [-0.05, 0) is 64.1 Å². The number of carbonyl (C=O) groups excluding carboxylic acids is 1. The quantitative estimate of drug-likeness (QED) is 0.848. The van der Waals surface area contributed by atoms with E-state index < -0.39 is 0 Å². The highest BCUT2D eigenvalue weighted by molar-refractivity contribution is 5.85. The zero-order valence-electron chi connectivity index (χ0n) is 13.4. The molecule has 2 atom stereocenters. The van der Waals surface area contributed by atoms with E-state index in [2.05, 4.69) is 9.80 Å². The van der Waals surface area contributed by atoms with Crippen LogP contribution in [0.15, 0.2) is 0 Å². The van der Waals surface area contributed by atoms with Gasteiger partial charge in [0.2, 0.25) is 5.91 Å². The summed E-state index contributed by atoms with van der Waals surface area (Å²) in [6.07, 6.45) is 8.46. The highest BCUT2D eigenvalue weighted by atomic mass is 35.5. The van der Waals surface area contributed by atoms with Crippen LogP contribution in [0, 0.1) is 11.8 Å². The van der Waals surface area contributed by atoms with Crippen molar-refractivity contribution in [1.29, 1.82) is 0 Å². The average Bonchev–Trinajstić information content (AvgIpc) is 3.17. The standard InChI is InChI=1S/C16H29N3O.2ClH/c17-12-13-4-3-5-15(13)16(20)19-10-6-14(7-11-19)18-8-1-2-9-18;;/h13-15H,1-12,17H2;2*1H/t13-,15-;;/m1../s1. The van der Waals surface area contributed by atoms with Gasteiger partial charge >= 0.3 is 0 Å². The van der Waals surface area contributed by atoms with Crippen LogP contribution in [0.25, 0.3) is 0 Å². The van der Waals surface area contributed by atoms with Crippen molar-refractivity contribution >= 4 is 30.7 Å². The molecule has 2 aliphatic heterocycles. The lowest BCUT2D eigenvalue weighted by atomic mass is 9.93. The summed E-state index contributed by atoms with van der Waals surface area (Å²) in [5.41, 5.74) is 5.82. The Morgan fingerprint density at radius 2 is 1.55 bits per heavy atom. The molecule has 3 aliphatic rings. The van der Waals surface area contributed by atoms with Crippen LogP contribution in [-0.4, -0.2) is 54.5 Å². The van der Waals surface area contributed by atoms with Gasteiger partial charge in [-0.2, -0.15) is 0 Å². The average molecular weight is 352 g/mol. The Morgan fingerprint density at radius 1 is 0.909 bits per heavy atom. The first-order valence-corrected chi connectivity index (χ1v) is 8.52. The third kappa shape index (κ3) is 4.28. The highest BCUT2D eigenvalue weighted by Crippen LogP contribution is 2.33. The van der Waals surface area contributed by atoms with Gasteiger partial charge in [0.1, 0.15) is 0 Å². The molecule has 130 valence electrons. The lowest BCUT2D eigenvalue weighted by Crippen LogP contribution is -2.48. The minimum atomic E-state index is 0. The van der Waals surface area contributed by atoms with Gasteiger partial charge in [0.05, 0.1) is 0 Å². The van der Waals surface area contributed by atoms with Gasteiger partial charge in [-0.25, -0.2) is 0 Å². The first kappa shape index (κ1) is 20.0. The van der Waals surface area contributed by atoms with Crippen LogP contribution in [0.2, 0.25) is 0 Å². The van der Waals surface area contributed by atoms with E-state index in [-0.39, 0.29) is 30.7 Å². The van der Waals surface area contributed by atoms with Crippen LogP contribution in [0.4, 0.5) is 0 Å². The summed E-state index contributed by atoms with van der Waals surface area (Å²) < 4.78 is 0. The highest BCUT2D eigenvalue weighted by Gasteiger charge is 2.36. The van der Waals surface area contributed by atoms with Crippen molar-refractivity contribution in [3.05, 3.63) is 0 Å². The third-order valence-corrected chi connectivity index (χ3v) is 5.71. The van der Waals surface area contributed by atoms with Gasteiger partial charge in [0.25, 0.3) is 0 Å². The number of likely N-dealkylation sites (tertiary alicyclic amines) is 2. The van der Waals surface area contributed by atoms with Crippen molar-refractivity contribution in [2.75, 3.05) is 32.7 Å². The number of nitrogens with two attached hydrogens (primary N) is 1. The molecule has 1 aliphatic carbocycles. The van der Waals surface area contributed by atoms with Crippen LogP contribution in [0.3, 0.4) is 0 Å². The number of carbonyl (C=O) groups is 1. The van der Waals surface area contributed by atoms with E-state index in [9.17, 15) is 4.79 Å². The normalized spacial score (nSPS) is 30.0. The molecule has 3 fully saturated rings. The van der Waals surface area contributed by atoms with Crippen molar-refractivity contribution in [3.63, 3.8) is 0 Å². The Labute approximate surface area is 147 Å². The van der Waals surface area contributed by atoms with Gasteiger partial charge in [-0.3, -0.25) is 4.79 Å². The number of rotatable bonds is 3. The van der Waals surface area contributed by atoms with Crippen molar-refractivity contribution in [1.82, 2.24) is 9.80 Å². The van der Waals surface area contributed by atoms with Crippen molar-refractivity contribution in [2.45, 2.75) is 51.0 Å². The van der Waals surface area contributed by atoms with Crippen molar-refractivity contribution < 1.29 is 4.79 Å². The smallest absolute Gasteiger partial charge is 0.226 e. The minimum Gasteiger partial charge on any atom is -0.342 e. The molecule has 0 unspecified atom stereocenters. The Kier molecular flexibility index (Phi) is 8.47. The van der Waals surface area contributed by atoms with E-state index in [1.165, 1.54) is 45.2 Å². The first-order valence-electron chi connectivity index (χ1n) is 8.52. The van der Waals surface area contributed by atoms with Crippen LogP contribution in [0.1, 0.15) is 44.9 Å². The number of amides is 1. The summed E-state index contributed by atoms with van der Waals surface area (Å²) in [7, 11) is 0. The van der Waals surface area contributed by atoms with Crippen LogP contribution in [-0.2, 0) is 4.79 Å². The van der Waals surface area contributed by atoms with E-state index in [1.54, 1.807) is 0 Å². The summed E-state index contributed by atoms with van der Waals surface area (Å²) >= 11 is 0. The minimum absolute atomic E-state index is 0. The van der Waals surface area contributed by atoms with Crippen LogP contribution < -0.4 is 5.73 Å². The summed E-state index contributed by atoms with van der Waals surface area (Å²) in [6.45, 7) is 5.16. The predicted molar refractivity (Wildman–Crippen MR) is 94.8 cm³/mol. The fourth-order valence-corrected chi connectivity index (χ4v) is 4.44. The molecule has 4 nitrogen and oxygen atoms in total. The lowest BCUT2D eigenvalue weighted by molar-refractivity contribution is -0.138. The maximum absolute atomic E-state index is 12.7. The molecule has 1 amide bonds. The lowest BCUT2D eigenvalue weighted by Gasteiger charge is -2.38. The molecule has 2 heterocycles. The van der Waals surface area contributed by atoms with E-state index >= 15 is 0 Å². The largest absolute Gasteiger partial charge is 0.342 e. The molecule has 0 aromatic rings. The third-order valence-electron chi connectivity index (χ3n) is 5.71. The van der Waals surface area contributed by atoms with Gasteiger partial charge < -0.3 is 15.5 Å². The second-order valence-electron chi connectivity index (χ2n) is 6.83. The molecule has 6 heteroatoms. The summed E-state index contributed by atoms with van der Waals surface area (Å²) in [6, 6.07) is 0.732. The fraction of sp³-hybridized carbons (Fsp3) is 0.938. The zero-order valence-corrected chi connectivity index (χ0v) is 15.0. The first-order chi connectivity index (χ1) is 9.79. The molecule has 1 saturated carbocycles. The van der Waals surface area contributed by atoms with Crippen LogP contribution in [0.5, 0.6) is 0 Å². The number of hydrogen-bond acceptors (Lipinski definition) is 3. The van der Waals surface area contributed by atoms with Crippen LogP contribution >= 0.6 is 24.8 Å². The maximum atomic E-state index is 12.7. The molecule has 2 N–H and O–H groups in total. The number of hydrogen-bond donors (Lipinski definition) is 1. The fourth-order valence-electron chi connectivity index (χ4n) is 4.44. The molecule has 22 heavy (non-hydrogen) atoms. The summed E-state index contributed by atoms with van der Waals surface area (Å²) in [5, 5.41) is 0. The van der Waals surface area contributed by atoms with Gasteiger partial charge in [0, 0.05) is 25.0 Å². The summed E-state index contributed by atoms with van der Waals surface area (Å²) in [5.74, 6) is 1.07. The van der Waals surface area contributed by atoms with Gasteiger partial charge in [-0.15, -0.1) is 24.8 Å². The predicted octanol–water partition coefficient (Wildman–Crippen LogP) is 2.29. The molecular weight excluding hydrogens is 321 g/mol. The molecule has 0 spiro atoms. The monoisotopic (exact) mass is 351 g/mol. The Morgan fingerprint density at radius 3 is 2.14 bits per heavy atom. The van der Waals surface area contributed by atoms with E-state index in [0.717, 1.165) is 32.0 Å². The van der Waals surface area contributed by atoms with Crippen molar-refractivity contribution in [3.8, 4) is 0 Å². The SMILES string of the molecule is Cl.Cl.NC[C@H]1CCC[C@H]1C(=O)N1CCC(N2CCCC2)CC1. The number of halogens is 2. The molecule has 2 saturated heterocycles. The summed E-state index contributed by atoms with van der Waals surface area (Å²) in [4.78, 5) is 17.4. The van der Waals surface area contributed by atoms with Gasteiger partial charge in [-0.1, -0.05) is 6.42 Å². The molecule has 0 aromatic heterocycles. The number of nitrogens with zero attached hydrogens (tertiary/aromatic N) is 2. The molecule has 0 bridgehead atoms. The Hall–Kier alpha value is -0.0300. The zero-order chi connectivity index (χ0) is 13.9. The second kappa shape index (κ2) is 9.31. The second-order valence-corrected chi connectivity index (χ2v) is 6.83. The molecular formula is C16H31Cl2N3O. The molecule has 3 rings (SSSR count). The molecule has 0 radical (unpaired) electrons. The van der Waals surface area contributed by atoms with Gasteiger partial charge in [0.15, 0.2) is 0 Å². The van der Waals surface area contributed by atoms with E-state index in [4.69, 9.17) is 5.73 Å². The Balaban J connectivity index is 0.00000121.